The quantitative estimate of drug-likeness (QED) is 0.786. The van der Waals surface area contributed by atoms with Crippen LogP contribution in [0.15, 0.2) is 12.1 Å². The minimum Gasteiger partial charge on any atom is -0.480 e. The molecule has 0 aliphatic rings. The first kappa shape index (κ1) is 15.4. The fraction of sp³-hybridized carbons (Fsp3) is 0.462. The molecule has 0 aliphatic heterocycles. The van der Waals surface area contributed by atoms with Crippen molar-refractivity contribution >= 4 is 23.5 Å². The fourth-order valence-electron chi connectivity index (χ4n) is 1.67. The first-order chi connectivity index (χ1) is 8.93. The number of halogens is 1. The molecule has 0 radical (unpaired) electrons. The molecule has 1 heterocycles. The molecule has 6 heteroatoms. The van der Waals surface area contributed by atoms with Gasteiger partial charge in [-0.2, -0.15) is 0 Å². The van der Waals surface area contributed by atoms with Gasteiger partial charge in [0, 0.05) is 11.3 Å². The number of carbonyl (C=O) groups is 2. The van der Waals surface area contributed by atoms with E-state index >= 15 is 0 Å². The Morgan fingerprint density at radius 2 is 2.16 bits per heavy atom. The van der Waals surface area contributed by atoms with Crippen molar-refractivity contribution in [3.63, 3.8) is 0 Å². The highest BCUT2D eigenvalue weighted by molar-refractivity contribution is 6.29. The maximum atomic E-state index is 12.0. The molecule has 104 valence electrons. The van der Waals surface area contributed by atoms with E-state index in [2.05, 4.69) is 10.3 Å². The molecule has 0 saturated carbocycles. The van der Waals surface area contributed by atoms with Crippen LogP contribution in [-0.4, -0.2) is 28.0 Å². The van der Waals surface area contributed by atoms with Crippen LogP contribution in [0.5, 0.6) is 0 Å². The molecule has 0 bridgehead atoms. The largest absolute Gasteiger partial charge is 0.480 e. The number of amides is 1. The zero-order valence-corrected chi connectivity index (χ0v) is 11.7. The number of carboxylic acid groups (broad SMARTS) is 1. The van der Waals surface area contributed by atoms with Crippen LogP contribution in [0.4, 0.5) is 0 Å². The van der Waals surface area contributed by atoms with Crippen LogP contribution < -0.4 is 5.32 Å². The third-order valence-electron chi connectivity index (χ3n) is 2.63. The Hall–Kier alpha value is -1.62. The molecule has 1 rings (SSSR count). The first-order valence-corrected chi connectivity index (χ1v) is 6.49. The normalized spacial score (nSPS) is 11.9. The summed E-state index contributed by atoms with van der Waals surface area (Å²) in [5, 5.41) is 11.8. The zero-order chi connectivity index (χ0) is 14.4. The second kappa shape index (κ2) is 7.09. The monoisotopic (exact) mass is 284 g/mol. The summed E-state index contributed by atoms with van der Waals surface area (Å²) in [4.78, 5) is 27.0. The highest BCUT2D eigenvalue weighted by Gasteiger charge is 2.20. The minimum atomic E-state index is -1.03. The van der Waals surface area contributed by atoms with Gasteiger partial charge in [0.2, 0.25) is 0 Å². The Morgan fingerprint density at radius 1 is 1.47 bits per heavy atom. The van der Waals surface area contributed by atoms with Crippen molar-refractivity contribution in [2.24, 2.45) is 0 Å². The van der Waals surface area contributed by atoms with E-state index in [9.17, 15) is 9.59 Å². The van der Waals surface area contributed by atoms with Gasteiger partial charge in [-0.15, -0.1) is 0 Å². The second-order valence-electron chi connectivity index (χ2n) is 4.33. The van der Waals surface area contributed by atoms with Crippen LogP contribution in [0, 0.1) is 6.92 Å². The van der Waals surface area contributed by atoms with Gasteiger partial charge in [-0.25, -0.2) is 9.78 Å². The second-order valence-corrected chi connectivity index (χ2v) is 4.71. The van der Waals surface area contributed by atoms with Gasteiger partial charge in [-0.3, -0.25) is 4.79 Å². The third-order valence-corrected chi connectivity index (χ3v) is 2.83. The molecule has 1 amide bonds. The summed E-state index contributed by atoms with van der Waals surface area (Å²) in [5.74, 6) is -1.48. The summed E-state index contributed by atoms with van der Waals surface area (Å²) in [7, 11) is 0. The average molecular weight is 285 g/mol. The number of hydrogen-bond donors (Lipinski definition) is 2. The van der Waals surface area contributed by atoms with Crippen molar-refractivity contribution in [3.8, 4) is 0 Å². The van der Waals surface area contributed by atoms with Crippen molar-refractivity contribution in [2.45, 2.75) is 39.2 Å². The number of nitrogens with zero attached hydrogens (tertiary/aromatic N) is 1. The molecule has 2 N–H and O–H groups in total. The topological polar surface area (TPSA) is 79.3 Å². The van der Waals surface area contributed by atoms with Crippen molar-refractivity contribution in [1.82, 2.24) is 10.3 Å². The number of hydrogen-bond acceptors (Lipinski definition) is 3. The fourth-order valence-corrected chi connectivity index (χ4v) is 1.92. The molecule has 0 spiro atoms. The third kappa shape index (κ3) is 4.87. The average Bonchev–Trinajstić information content (AvgIpc) is 2.32. The van der Waals surface area contributed by atoms with Crippen molar-refractivity contribution in [3.05, 3.63) is 28.5 Å². The SMILES string of the molecule is CCCCC(NC(=O)c1cc(C)nc(Cl)c1)C(=O)O. The van der Waals surface area contributed by atoms with Gasteiger partial charge in [0.1, 0.15) is 11.2 Å². The number of nitrogens with one attached hydrogen (secondary N) is 1. The molecule has 1 atom stereocenters. The molecular formula is C13H17ClN2O3. The lowest BCUT2D eigenvalue weighted by atomic mass is 10.1. The number of pyridine rings is 1. The van der Waals surface area contributed by atoms with Gasteiger partial charge < -0.3 is 10.4 Å². The zero-order valence-electron chi connectivity index (χ0n) is 10.9. The summed E-state index contributed by atoms with van der Waals surface area (Å²) in [5.41, 5.74) is 0.929. The van der Waals surface area contributed by atoms with Gasteiger partial charge in [-0.1, -0.05) is 31.4 Å². The standard InChI is InChI=1S/C13H17ClN2O3/c1-3-4-5-10(13(18)19)16-12(17)9-6-8(2)15-11(14)7-9/h6-7,10H,3-5H2,1-2H3,(H,16,17)(H,18,19). The van der Waals surface area contributed by atoms with Crippen LogP contribution in [0.3, 0.4) is 0 Å². The van der Waals surface area contributed by atoms with Crippen LogP contribution in [0.2, 0.25) is 5.15 Å². The number of rotatable bonds is 6. The van der Waals surface area contributed by atoms with Gasteiger partial charge >= 0.3 is 5.97 Å². The Labute approximate surface area is 117 Å². The number of carbonyl (C=O) groups excluding carboxylic acids is 1. The minimum absolute atomic E-state index is 0.214. The molecule has 1 aromatic heterocycles. The number of aliphatic carboxylic acids is 1. The predicted octanol–water partition coefficient (Wildman–Crippen LogP) is 2.42. The molecule has 1 unspecified atom stereocenters. The highest BCUT2D eigenvalue weighted by Crippen LogP contribution is 2.11. The van der Waals surface area contributed by atoms with Crippen LogP contribution in [0.25, 0.3) is 0 Å². The summed E-state index contributed by atoms with van der Waals surface area (Å²) < 4.78 is 0. The van der Waals surface area contributed by atoms with E-state index in [0.29, 0.717) is 17.7 Å². The smallest absolute Gasteiger partial charge is 0.326 e. The summed E-state index contributed by atoms with van der Waals surface area (Å²) in [6.07, 6.45) is 2.03. The van der Waals surface area contributed by atoms with E-state index in [4.69, 9.17) is 16.7 Å². The van der Waals surface area contributed by atoms with Gasteiger partial charge in [0.25, 0.3) is 5.91 Å². The first-order valence-electron chi connectivity index (χ1n) is 6.12. The molecule has 5 nitrogen and oxygen atoms in total. The Balaban J connectivity index is 2.78. The molecule has 0 saturated heterocycles. The molecule has 0 fully saturated rings. The maximum absolute atomic E-state index is 12.0. The van der Waals surface area contributed by atoms with E-state index in [1.807, 2.05) is 6.92 Å². The van der Waals surface area contributed by atoms with E-state index in [1.54, 1.807) is 13.0 Å². The van der Waals surface area contributed by atoms with Crippen LogP contribution in [-0.2, 0) is 4.79 Å². The van der Waals surface area contributed by atoms with Crippen LogP contribution in [0.1, 0.15) is 42.2 Å². The van der Waals surface area contributed by atoms with Crippen molar-refractivity contribution in [2.75, 3.05) is 0 Å². The predicted molar refractivity (Wildman–Crippen MR) is 72.4 cm³/mol. The molecule has 1 aromatic rings. The lowest BCUT2D eigenvalue weighted by Gasteiger charge is -2.14. The van der Waals surface area contributed by atoms with E-state index in [-0.39, 0.29) is 5.15 Å². The summed E-state index contributed by atoms with van der Waals surface area (Å²) >= 11 is 5.77. The lowest BCUT2D eigenvalue weighted by Crippen LogP contribution is -2.40. The van der Waals surface area contributed by atoms with Gasteiger partial charge in [0.05, 0.1) is 0 Å². The molecule has 0 aliphatic carbocycles. The van der Waals surface area contributed by atoms with Gasteiger partial charge in [0.15, 0.2) is 0 Å². The van der Waals surface area contributed by atoms with Crippen molar-refractivity contribution < 1.29 is 14.7 Å². The van der Waals surface area contributed by atoms with Crippen LogP contribution >= 0.6 is 11.6 Å². The van der Waals surface area contributed by atoms with Crippen molar-refractivity contribution in [1.29, 1.82) is 0 Å². The van der Waals surface area contributed by atoms with E-state index < -0.39 is 17.9 Å². The Kier molecular flexibility index (Phi) is 5.76. The number of aromatic nitrogens is 1. The summed E-state index contributed by atoms with van der Waals surface area (Å²) in [6, 6.07) is 2.11. The van der Waals surface area contributed by atoms with E-state index in [1.165, 1.54) is 6.07 Å². The van der Waals surface area contributed by atoms with E-state index in [0.717, 1.165) is 12.8 Å². The Bertz CT molecular complexity index is 457. The van der Waals surface area contributed by atoms with Gasteiger partial charge in [-0.05, 0) is 25.5 Å². The molecule has 0 aromatic carbocycles. The summed E-state index contributed by atoms with van der Waals surface area (Å²) in [6.45, 7) is 3.68. The number of unbranched alkanes of at least 4 members (excludes halogenated alkanes) is 1. The maximum Gasteiger partial charge on any atom is 0.326 e. The number of carboxylic acids is 1. The lowest BCUT2D eigenvalue weighted by molar-refractivity contribution is -0.139. The molecular weight excluding hydrogens is 268 g/mol. The Morgan fingerprint density at radius 3 is 2.68 bits per heavy atom. The molecule has 19 heavy (non-hydrogen) atoms. The highest BCUT2D eigenvalue weighted by atomic mass is 35.5. The number of aryl methyl sites for hydroxylation is 1.